The van der Waals surface area contributed by atoms with Crippen molar-refractivity contribution in [2.24, 2.45) is 5.92 Å². The van der Waals surface area contributed by atoms with Crippen molar-refractivity contribution in [3.05, 3.63) is 35.9 Å². The molecule has 0 heterocycles. The number of hydrogen-bond acceptors (Lipinski definition) is 4. The van der Waals surface area contributed by atoms with E-state index < -0.39 is 0 Å². The molecule has 0 aromatic heterocycles. The molecule has 2 atom stereocenters. The van der Waals surface area contributed by atoms with Gasteiger partial charge in [0, 0.05) is 6.54 Å². The summed E-state index contributed by atoms with van der Waals surface area (Å²) < 4.78 is 4.72. The molecule has 0 radical (unpaired) electrons. The molecule has 122 valence electrons. The molecule has 1 amide bonds. The second kappa shape index (κ2) is 9.20. The molecule has 0 saturated carbocycles. The van der Waals surface area contributed by atoms with Crippen molar-refractivity contribution in [1.82, 2.24) is 10.2 Å². The van der Waals surface area contributed by atoms with Crippen LogP contribution in [0.2, 0.25) is 0 Å². The predicted octanol–water partition coefficient (Wildman–Crippen LogP) is 1.99. The van der Waals surface area contributed by atoms with Crippen LogP contribution in [-0.4, -0.2) is 43.5 Å². The van der Waals surface area contributed by atoms with Gasteiger partial charge in [0.2, 0.25) is 5.91 Å². The summed E-state index contributed by atoms with van der Waals surface area (Å²) in [5.74, 6) is -0.545. The lowest BCUT2D eigenvalue weighted by atomic mass is 10.1. The smallest absolute Gasteiger partial charge is 0.309 e. The van der Waals surface area contributed by atoms with Gasteiger partial charge in [0.1, 0.15) is 0 Å². The number of hydrogen-bond donors (Lipinski definition) is 1. The lowest BCUT2D eigenvalue weighted by molar-refractivity contribution is -0.145. The van der Waals surface area contributed by atoms with E-state index in [0.29, 0.717) is 13.1 Å². The standard InChI is InChI=1S/C17H26N2O3/c1-5-19(11-13(2)17(21)22-4)12-16(20)18-14(3)15-9-7-6-8-10-15/h6-10,13-14H,5,11-12H2,1-4H3,(H,18,20)/t13-,14-/m1/s1. The first-order chi connectivity index (χ1) is 10.5. The van der Waals surface area contributed by atoms with Gasteiger partial charge in [0.05, 0.1) is 25.6 Å². The summed E-state index contributed by atoms with van der Waals surface area (Å²) in [6, 6.07) is 9.79. The van der Waals surface area contributed by atoms with Gasteiger partial charge in [-0.05, 0) is 19.0 Å². The number of ether oxygens (including phenoxy) is 1. The molecule has 0 aliphatic rings. The molecular formula is C17H26N2O3. The zero-order valence-electron chi connectivity index (χ0n) is 13.8. The number of esters is 1. The molecule has 0 aliphatic carbocycles. The van der Waals surface area contributed by atoms with Gasteiger partial charge < -0.3 is 10.1 Å². The van der Waals surface area contributed by atoms with E-state index in [4.69, 9.17) is 4.74 Å². The molecule has 0 saturated heterocycles. The van der Waals surface area contributed by atoms with E-state index in [9.17, 15) is 9.59 Å². The Kier molecular flexibility index (Phi) is 7.60. The summed E-state index contributed by atoms with van der Waals surface area (Å²) in [7, 11) is 1.38. The third-order valence-corrected chi connectivity index (χ3v) is 3.63. The second-order valence-electron chi connectivity index (χ2n) is 5.45. The number of carbonyl (C=O) groups excluding carboxylic acids is 2. The Bertz CT molecular complexity index is 476. The maximum atomic E-state index is 12.1. The Morgan fingerprint density at radius 1 is 1.23 bits per heavy atom. The first kappa shape index (κ1) is 18.2. The number of benzene rings is 1. The maximum Gasteiger partial charge on any atom is 0.309 e. The molecule has 0 aliphatic heterocycles. The maximum absolute atomic E-state index is 12.1. The minimum atomic E-state index is -0.253. The number of likely N-dealkylation sites (N-methyl/N-ethyl adjacent to an activating group) is 1. The van der Waals surface area contributed by atoms with Crippen molar-refractivity contribution < 1.29 is 14.3 Å². The third-order valence-electron chi connectivity index (χ3n) is 3.63. The highest BCUT2D eigenvalue weighted by Gasteiger charge is 2.19. The van der Waals surface area contributed by atoms with E-state index in [2.05, 4.69) is 5.32 Å². The highest BCUT2D eigenvalue weighted by atomic mass is 16.5. The molecule has 1 aromatic carbocycles. The van der Waals surface area contributed by atoms with E-state index in [0.717, 1.165) is 5.56 Å². The van der Waals surface area contributed by atoms with Gasteiger partial charge in [-0.25, -0.2) is 0 Å². The summed E-state index contributed by atoms with van der Waals surface area (Å²) in [6.45, 7) is 7.22. The van der Waals surface area contributed by atoms with Crippen LogP contribution in [0.3, 0.4) is 0 Å². The van der Waals surface area contributed by atoms with Crippen LogP contribution in [0.25, 0.3) is 0 Å². The monoisotopic (exact) mass is 306 g/mol. The van der Waals surface area contributed by atoms with Gasteiger partial charge in [-0.3, -0.25) is 14.5 Å². The van der Waals surface area contributed by atoms with Gasteiger partial charge >= 0.3 is 5.97 Å². The number of methoxy groups -OCH3 is 1. The zero-order chi connectivity index (χ0) is 16.5. The lowest BCUT2D eigenvalue weighted by Gasteiger charge is -2.23. The fourth-order valence-electron chi connectivity index (χ4n) is 2.28. The Labute approximate surface area is 132 Å². The lowest BCUT2D eigenvalue weighted by Crippen LogP contribution is -2.41. The zero-order valence-corrected chi connectivity index (χ0v) is 13.8. The molecule has 0 unspecified atom stereocenters. The predicted molar refractivity (Wildman–Crippen MR) is 86.3 cm³/mol. The Morgan fingerprint density at radius 3 is 2.41 bits per heavy atom. The number of nitrogens with one attached hydrogen (secondary N) is 1. The van der Waals surface area contributed by atoms with E-state index in [1.165, 1.54) is 7.11 Å². The molecular weight excluding hydrogens is 280 g/mol. The second-order valence-corrected chi connectivity index (χ2v) is 5.45. The van der Waals surface area contributed by atoms with Crippen molar-refractivity contribution in [3.63, 3.8) is 0 Å². The molecule has 5 nitrogen and oxygen atoms in total. The fraction of sp³-hybridized carbons (Fsp3) is 0.529. The van der Waals surface area contributed by atoms with Gasteiger partial charge in [-0.2, -0.15) is 0 Å². The van der Waals surface area contributed by atoms with Gasteiger partial charge in [0.15, 0.2) is 0 Å². The van der Waals surface area contributed by atoms with Gasteiger partial charge in [0.25, 0.3) is 0 Å². The van der Waals surface area contributed by atoms with Gasteiger partial charge in [-0.15, -0.1) is 0 Å². The van der Waals surface area contributed by atoms with E-state index >= 15 is 0 Å². The molecule has 1 N–H and O–H groups in total. The number of amides is 1. The minimum absolute atomic E-state index is 0.0366. The average molecular weight is 306 g/mol. The molecule has 1 aromatic rings. The molecule has 5 heteroatoms. The molecule has 1 rings (SSSR count). The number of nitrogens with zero attached hydrogens (tertiary/aromatic N) is 1. The first-order valence-electron chi connectivity index (χ1n) is 7.62. The quantitative estimate of drug-likeness (QED) is 0.746. The molecule has 0 spiro atoms. The van der Waals surface area contributed by atoms with Gasteiger partial charge in [-0.1, -0.05) is 44.2 Å². The minimum Gasteiger partial charge on any atom is -0.469 e. The Balaban J connectivity index is 2.49. The van der Waals surface area contributed by atoms with Crippen molar-refractivity contribution in [3.8, 4) is 0 Å². The van der Waals surface area contributed by atoms with Crippen molar-refractivity contribution >= 4 is 11.9 Å². The van der Waals surface area contributed by atoms with Crippen LogP contribution in [-0.2, 0) is 14.3 Å². The average Bonchev–Trinajstić information content (AvgIpc) is 2.53. The third kappa shape index (κ3) is 5.85. The summed E-state index contributed by atoms with van der Waals surface area (Å²) in [6.07, 6.45) is 0. The topological polar surface area (TPSA) is 58.6 Å². The highest BCUT2D eigenvalue weighted by molar-refractivity contribution is 5.78. The van der Waals surface area contributed by atoms with Crippen molar-refractivity contribution in [2.75, 3.05) is 26.7 Å². The molecule has 22 heavy (non-hydrogen) atoms. The fourth-order valence-corrected chi connectivity index (χ4v) is 2.28. The van der Waals surface area contributed by atoms with Crippen LogP contribution in [0.15, 0.2) is 30.3 Å². The summed E-state index contributed by atoms with van der Waals surface area (Å²) in [4.78, 5) is 25.5. The van der Waals surface area contributed by atoms with Crippen molar-refractivity contribution in [1.29, 1.82) is 0 Å². The van der Waals surface area contributed by atoms with Crippen LogP contribution in [0.4, 0.5) is 0 Å². The Hall–Kier alpha value is -1.88. The van der Waals surface area contributed by atoms with Crippen LogP contribution in [0, 0.1) is 5.92 Å². The number of carbonyl (C=O) groups is 2. The van der Waals surface area contributed by atoms with E-state index in [1.807, 2.05) is 49.1 Å². The first-order valence-corrected chi connectivity index (χ1v) is 7.62. The van der Waals surface area contributed by atoms with Crippen LogP contribution in [0.1, 0.15) is 32.4 Å². The molecule has 0 bridgehead atoms. The summed E-state index contributed by atoms with van der Waals surface area (Å²) in [5, 5.41) is 2.98. The van der Waals surface area contributed by atoms with Crippen molar-refractivity contribution in [2.45, 2.75) is 26.8 Å². The van der Waals surface area contributed by atoms with Crippen LogP contribution >= 0.6 is 0 Å². The summed E-state index contributed by atoms with van der Waals surface area (Å²) >= 11 is 0. The summed E-state index contributed by atoms with van der Waals surface area (Å²) in [5.41, 5.74) is 1.07. The number of rotatable bonds is 8. The van der Waals surface area contributed by atoms with E-state index in [-0.39, 0.29) is 30.4 Å². The van der Waals surface area contributed by atoms with E-state index in [1.54, 1.807) is 6.92 Å². The molecule has 0 fully saturated rings. The SMILES string of the molecule is CCN(CC(=O)N[C@H](C)c1ccccc1)C[C@@H](C)C(=O)OC. The van der Waals surface area contributed by atoms with Crippen LogP contribution < -0.4 is 5.32 Å². The Morgan fingerprint density at radius 2 is 1.86 bits per heavy atom. The highest BCUT2D eigenvalue weighted by Crippen LogP contribution is 2.11. The normalized spacial score (nSPS) is 13.5. The largest absolute Gasteiger partial charge is 0.469 e. The van der Waals surface area contributed by atoms with Crippen LogP contribution in [0.5, 0.6) is 0 Å².